The zero-order chi connectivity index (χ0) is 11.6. The fourth-order valence-corrected chi connectivity index (χ4v) is 1.96. The van der Waals surface area contributed by atoms with Crippen molar-refractivity contribution in [2.75, 3.05) is 0 Å². The molecular weight excluding hydrogens is 202 g/mol. The van der Waals surface area contributed by atoms with Gasteiger partial charge in [-0.2, -0.15) is 0 Å². The number of hydrogen-bond acceptors (Lipinski definition) is 3. The number of rotatable bonds is 3. The number of oxime groups is 1. The van der Waals surface area contributed by atoms with Gasteiger partial charge in [0, 0.05) is 11.8 Å². The Hall–Kier alpha value is -1.35. The van der Waals surface area contributed by atoms with E-state index >= 15 is 0 Å². The number of hydrogen-bond donors (Lipinski definition) is 1. The fourth-order valence-electron chi connectivity index (χ4n) is 1.96. The quantitative estimate of drug-likeness (QED) is 0.627. The second-order valence-electron chi connectivity index (χ2n) is 4.76. The van der Waals surface area contributed by atoms with Crippen LogP contribution in [-0.2, 0) is 11.3 Å². The SMILES string of the molecule is CC1(C)/C(=N\O)CC1OCc1ccccc1. The molecule has 0 heterocycles. The first-order valence-corrected chi connectivity index (χ1v) is 5.51. The topological polar surface area (TPSA) is 41.8 Å². The normalized spacial score (nSPS) is 25.4. The van der Waals surface area contributed by atoms with E-state index in [0.717, 1.165) is 12.1 Å². The van der Waals surface area contributed by atoms with Gasteiger partial charge < -0.3 is 9.94 Å². The molecule has 1 fully saturated rings. The van der Waals surface area contributed by atoms with Crippen LogP contribution in [0.3, 0.4) is 0 Å². The van der Waals surface area contributed by atoms with Crippen LogP contribution < -0.4 is 0 Å². The van der Waals surface area contributed by atoms with Gasteiger partial charge in [-0.1, -0.05) is 49.3 Å². The molecule has 2 rings (SSSR count). The van der Waals surface area contributed by atoms with E-state index in [1.54, 1.807) is 0 Å². The smallest absolute Gasteiger partial charge is 0.0737 e. The molecule has 0 bridgehead atoms. The molecule has 1 atom stereocenters. The van der Waals surface area contributed by atoms with Crippen molar-refractivity contribution >= 4 is 5.71 Å². The molecule has 86 valence electrons. The zero-order valence-corrected chi connectivity index (χ0v) is 9.68. The van der Waals surface area contributed by atoms with Gasteiger partial charge in [0.2, 0.25) is 0 Å². The molecule has 16 heavy (non-hydrogen) atoms. The predicted octanol–water partition coefficient (Wildman–Crippen LogP) is 2.83. The zero-order valence-electron chi connectivity index (χ0n) is 9.68. The molecule has 0 amide bonds. The first-order valence-electron chi connectivity index (χ1n) is 5.51. The molecule has 1 N–H and O–H groups in total. The summed E-state index contributed by atoms with van der Waals surface area (Å²) in [5, 5.41) is 12.0. The van der Waals surface area contributed by atoms with Crippen LogP contribution in [0, 0.1) is 5.41 Å². The average molecular weight is 219 g/mol. The summed E-state index contributed by atoms with van der Waals surface area (Å²) in [7, 11) is 0. The Morgan fingerprint density at radius 1 is 1.38 bits per heavy atom. The van der Waals surface area contributed by atoms with Gasteiger partial charge in [-0.3, -0.25) is 0 Å². The van der Waals surface area contributed by atoms with Crippen LogP contribution in [-0.4, -0.2) is 17.0 Å². The van der Waals surface area contributed by atoms with Crippen molar-refractivity contribution in [1.82, 2.24) is 0 Å². The van der Waals surface area contributed by atoms with Gasteiger partial charge in [-0.05, 0) is 5.56 Å². The molecule has 1 aromatic rings. The average Bonchev–Trinajstić information content (AvgIpc) is 2.29. The second kappa shape index (κ2) is 4.26. The highest BCUT2D eigenvalue weighted by Gasteiger charge is 2.46. The molecule has 1 aromatic carbocycles. The van der Waals surface area contributed by atoms with E-state index < -0.39 is 0 Å². The molecule has 3 nitrogen and oxygen atoms in total. The van der Waals surface area contributed by atoms with E-state index in [0.29, 0.717) is 6.61 Å². The molecular formula is C13H17NO2. The van der Waals surface area contributed by atoms with Crippen LogP contribution in [0.4, 0.5) is 0 Å². The third-order valence-corrected chi connectivity index (χ3v) is 3.34. The van der Waals surface area contributed by atoms with Crippen LogP contribution in [0.5, 0.6) is 0 Å². The highest BCUT2D eigenvalue weighted by molar-refractivity contribution is 5.96. The summed E-state index contributed by atoms with van der Waals surface area (Å²) in [6.45, 7) is 4.70. The van der Waals surface area contributed by atoms with E-state index in [-0.39, 0.29) is 11.5 Å². The molecule has 0 aliphatic heterocycles. The molecule has 0 radical (unpaired) electrons. The summed E-state index contributed by atoms with van der Waals surface area (Å²) in [4.78, 5) is 0. The van der Waals surface area contributed by atoms with Crippen molar-refractivity contribution in [3.63, 3.8) is 0 Å². The molecule has 1 aliphatic rings. The maximum absolute atomic E-state index is 8.76. The second-order valence-corrected chi connectivity index (χ2v) is 4.76. The van der Waals surface area contributed by atoms with Gasteiger partial charge >= 0.3 is 0 Å². The van der Waals surface area contributed by atoms with Gasteiger partial charge in [0.05, 0.1) is 18.4 Å². The highest BCUT2D eigenvalue weighted by Crippen LogP contribution is 2.40. The molecule has 0 saturated heterocycles. The van der Waals surface area contributed by atoms with Crippen molar-refractivity contribution in [1.29, 1.82) is 0 Å². The third-order valence-electron chi connectivity index (χ3n) is 3.34. The summed E-state index contributed by atoms with van der Waals surface area (Å²) in [6.07, 6.45) is 0.884. The van der Waals surface area contributed by atoms with Crippen LogP contribution in [0.15, 0.2) is 35.5 Å². The summed E-state index contributed by atoms with van der Waals surface area (Å²) in [5.41, 5.74) is 1.86. The van der Waals surface area contributed by atoms with Gasteiger partial charge in [0.1, 0.15) is 0 Å². The van der Waals surface area contributed by atoms with Crippen molar-refractivity contribution in [3.8, 4) is 0 Å². The largest absolute Gasteiger partial charge is 0.411 e. The van der Waals surface area contributed by atoms with Crippen LogP contribution in [0.1, 0.15) is 25.8 Å². The maximum Gasteiger partial charge on any atom is 0.0737 e. The number of ether oxygens (including phenoxy) is 1. The Morgan fingerprint density at radius 3 is 2.62 bits per heavy atom. The van der Waals surface area contributed by atoms with E-state index in [9.17, 15) is 0 Å². The van der Waals surface area contributed by atoms with E-state index in [1.165, 1.54) is 5.56 Å². The Balaban J connectivity index is 1.90. The van der Waals surface area contributed by atoms with Gasteiger partial charge in [-0.15, -0.1) is 0 Å². The van der Waals surface area contributed by atoms with Crippen molar-refractivity contribution < 1.29 is 9.94 Å². The molecule has 1 unspecified atom stereocenters. The molecule has 0 aromatic heterocycles. The summed E-state index contributed by atoms with van der Waals surface area (Å²) >= 11 is 0. The Bertz CT molecular complexity index is 384. The van der Waals surface area contributed by atoms with Gasteiger partial charge in [0.15, 0.2) is 0 Å². The van der Waals surface area contributed by atoms with Crippen LogP contribution in [0.2, 0.25) is 0 Å². The number of benzene rings is 1. The van der Waals surface area contributed by atoms with Gasteiger partial charge in [0.25, 0.3) is 0 Å². The lowest BCUT2D eigenvalue weighted by atomic mass is 9.67. The minimum absolute atomic E-state index is 0.135. The molecule has 0 spiro atoms. The lowest BCUT2D eigenvalue weighted by molar-refractivity contribution is -0.0323. The van der Waals surface area contributed by atoms with Crippen LogP contribution in [0.25, 0.3) is 0 Å². The van der Waals surface area contributed by atoms with Crippen LogP contribution >= 0.6 is 0 Å². The Kier molecular flexibility index (Phi) is 2.97. The standard InChI is InChI=1S/C13H17NO2/c1-13(2)11(14-15)8-12(13)16-9-10-6-4-3-5-7-10/h3-7,12,15H,8-9H2,1-2H3/b14-11-. The minimum Gasteiger partial charge on any atom is -0.411 e. The van der Waals surface area contributed by atoms with E-state index in [2.05, 4.69) is 5.16 Å². The summed E-state index contributed by atoms with van der Waals surface area (Å²) in [6, 6.07) is 10.1. The van der Waals surface area contributed by atoms with E-state index in [1.807, 2.05) is 44.2 Å². The molecule has 3 heteroatoms. The lowest BCUT2D eigenvalue weighted by Crippen LogP contribution is -2.51. The first kappa shape index (κ1) is 11.1. The highest BCUT2D eigenvalue weighted by atomic mass is 16.5. The lowest BCUT2D eigenvalue weighted by Gasteiger charge is -2.44. The number of nitrogens with zero attached hydrogens (tertiary/aromatic N) is 1. The predicted molar refractivity (Wildman–Crippen MR) is 62.6 cm³/mol. The monoisotopic (exact) mass is 219 g/mol. The molecule has 1 saturated carbocycles. The fraction of sp³-hybridized carbons (Fsp3) is 0.462. The summed E-state index contributed by atoms with van der Waals surface area (Å²) < 4.78 is 5.82. The van der Waals surface area contributed by atoms with Crippen molar-refractivity contribution in [2.24, 2.45) is 10.6 Å². The first-order chi connectivity index (χ1) is 7.64. The molecule has 1 aliphatic carbocycles. The van der Waals surface area contributed by atoms with Gasteiger partial charge in [-0.25, -0.2) is 0 Å². The Labute approximate surface area is 95.7 Å². The third kappa shape index (κ3) is 1.95. The van der Waals surface area contributed by atoms with Crippen molar-refractivity contribution in [3.05, 3.63) is 35.9 Å². The maximum atomic E-state index is 8.76. The summed E-state index contributed by atoms with van der Waals surface area (Å²) in [5.74, 6) is 0. The van der Waals surface area contributed by atoms with Crippen molar-refractivity contribution in [2.45, 2.75) is 33.0 Å². The van der Waals surface area contributed by atoms with E-state index in [4.69, 9.17) is 9.94 Å². The minimum atomic E-state index is -0.135. The Morgan fingerprint density at radius 2 is 2.06 bits per heavy atom.